The van der Waals surface area contributed by atoms with E-state index in [1.807, 2.05) is 0 Å². The summed E-state index contributed by atoms with van der Waals surface area (Å²) < 4.78 is 50.5. The molecule has 8 heteroatoms. The minimum Gasteiger partial charge on any atom is -0.495 e. The van der Waals surface area contributed by atoms with Gasteiger partial charge in [-0.1, -0.05) is 0 Å². The van der Waals surface area contributed by atoms with E-state index in [4.69, 9.17) is 10.00 Å². The standard InChI is InChI=1S/C13H12F3NO4/c1-3-20-12(18)5-8-4-9(7-17)10(19-2)6-11(8)21-13(14,15)16/h4,6H,3,5H2,1-2H3. The molecule has 0 N–H and O–H groups in total. The molecule has 0 fully saturated rings. The van der Waals surface area contributed by atoms with E-state index < -0.39 is 24.5 Å². The van der Waals surface area contributed by atoms with Crippen molar-refractivity contribution in [2.75, 3.05) is 13.7 Å². The topological polar surface area (TPSA) is 68.6 Å². The van der Waals surface area contributed by atoms with Crippen LogP contribution in [-0.2, 0) is 16.0 Å². The lowest BCUT2D eigenvalue weighted by molar-refractivity contribution is -0.275. The summed E-state index contributed by atoms with van der Waals surface area (Å²) >= 11 is 0. The summed E-state index contributed by atoms with van der Waals surface area (Å²) in [6.07, 6.45) is -5.37. The minimum absolute atomic E-state index is 0.00803. The first-order chi connectivity index (χ1) is 9.80. The zero-order valence-electron chi connectivity index (χ0n) is 11.3. The predicted octanol–water partition coefficient (Wildman–Crippen LogP) is 2.57. The summed E-state index contributed by atoms with van der Waals surface area (Å²) in [5.74, 6) is -1.41. The van der Waals surface area contributed by atoms with Crippen LogP contribution >= 0.6 is 0 Å². The normalized spacial score (nSPS) is 10.7. The summed E-state index contributed by atoms with van der Waals surface area (Å²) in [4.78, 5) is 11.4. The Balaban J connectivity index is 3.23. The molecule has 0 radical (unpaired) electrons. The number of hydrogen-bond donors (Lipinski definition) is 0. The van der Waals surface area contributed by atoms with Crippen LogP contribution in [0.5, 0.6) is 11.5 Å². The van der Waals surface area contributed by atoms with Crippen molar-refractivity contribution in [2.45, 2.75) is 19.7 Å². The minimum atomic E-state index is -4.93. The van der Waals surface area contributed by atoms with Gasteiger partial charge >= 0.3 is 12.3 Å². The number of rotatable bonds is 5. The Morgan fingerprint density at radius 2 is 2.00 bits per heavy atom. The van der Waals surface area contributed by atoms with Gasteiger partial charge in [-0.15, -0.1) is 13.2 Å². The molecule has 0 saturated heterocycles. The maximum Gasteiger partial charge on any atom is 0.573 e. The molecule has 1 aromatic rings. The maximum atomic E-state index is 12.4. The van der Waals surface area contributed by atoms with Crippen molar-refractivity contribution in [1.29, 1.82) is 5.26 Å². The van der Waals surface area contributed by atoms with Crippen LogP contribution < -0.4 is 9.47 Å². The van der Waals surface area contributed by atoms with Gasteiger partial charge in [-0.3, -0.25) is 4.79 Å². The van der Waals surface area contributed by atoms with Crippen molar-refractivity contribution in [3.8, 4) is 17.6 Å². The lowest BCUT2D eigenvalue weighted by Gasteiger charge is -2.15. The van der Waals surface area contributed by atoms with E-state index in [1.165, 1.54) is 7.11 Å². The molecule has 0 amide bonds. The lowest BCUT2D eigenvalue weighted by Crippen LogP contribution is -2.19. The van der Waals surface area contributed by atoms with Crippen LogP contribution in [-0.4, -0.2) is 26.0 Å². The van der Waals surface area contributed by atoms with Crippen LogP contribution in [0.4, 0.5) is 13.2 Å². The molecule has 0 spiro atoms. The van der Waals surface area contributed by atoms with E-state index in [0.29, 0.717) is 0 Å². The number of hydrogen-bond acceptors (Lipinski definition) is 5. The third-order valence-corrected chi connectivity index (χ3v) is 2.37. The first-order valence-corrected chi connectivity index (χ1v) is 5.83. The number of methoxy groups -OCH3 is 1. The SMILES string of the molecule is CCOC(=O)Cc1cc(C#N)c(OC)cc1OC(F)(F)F. The predicted molar refractivity (Wildman–Crippen MR) is 64.7 cm³/mol. The zero-order chi connectivity index (χ0) is 16.0. The van der Waals surface area contributed by atoms with Gasteiger partial charge in [0.1, 0.15) is 17.6 Å². The molecule has 0 atom stereocenters. The number of nitrogens with zero attached hydrogens (tertiary/aromatic N) is 1. The summed E-state index contributed by atoms with van der Waals surface area (Å²) in [7, 11) is 1.21. The number of alkyl halides is 3. The van der Waals surface area contributed by atoms with Crippen LogP contribution in [0.3, 0.4) is 0 Å². The Morgan fingerprint density at radius 1 is 1.33 bits per heavy atom. The summed E-state index contributed by atoms with van der Waals surface area (Å²) in [5, 5.41) is 8.93. The molecule has 0 aromatic heterocycles. The molecule has 1 aromatic carbocycles. The van der Waals surface area contributed by atoms with Gasteiger partial charge in [-0.2, -0.15) is 5.26 Å². The van der Waals surface area contributed by atoms with Crippen molar-refractivity contribution < 1.29 is 32.2 Å². The highest BCUT2D eigenvalue weighted by Gasteiger charge is 2.33. The quantitative estimate of drug-likeness (QED) is 0.782. The van der Waals surface area contributed by atoms with Gasteiger partial charge in [-0.05, 0) is 13.0 Å². The van der Waals surface area contributed by atoms with Gasteiger partial charge in [0.05, 0.1) is 25.7 Å². The molecule has 0 aliphatic rings. The molecule has 0 aliphatic carbocycles. The molecule has 0 aliphatic heterocycles. The van der Waals surface area contributed by atoms with Crippen LogP contribution in [0.1, 0.15) is 18.1 Å². The van der Waals surface area contributed by atoms with E-state index >= 15 is 0 Å². The summed E-state index contributed by atoms with van der Waals surface area (Å²) in [6.45, 7) is 1.66. The fourth-order valence-corrected chi connectivity index (χ4v) is 1.59. The number of ether oxygens (including phenoxy) is 3. The molecule has 21 heavy (non-hydrogen) atoms. The number of benzene rings is 1. The highest BCUT2D eigenvalue weighted by Crippen LogP contribution is 2.33. The van der Waals surface area contributed by atoms with Crippen LogP contribution in [0.25, 0.3) is 0 Å². The molecular weight excluding hydrogens is 291 g/mol. The average Bonchev–Trinajstić information content (AvgIpc) is 2.38. The first-order valence-electron chi connectivity index (χ1n) is 5.83. The van der Waals surface area contributed by atoms with Gasteiger partial charge in [-0.25, -0.2) is 0 Å². The van der Waals surface area contributed by atoms with Gasteiger partial charge < -0.3 is 14.2 Å². The van der Waals surface area contributed by atoms with Gasteiger partial charge in [0, 0.05) is 11.6 Å². The zero-order valence-corrected chi connectivity index (χ0v) is 11.3. The lowest BCUT2D eigenvalue weighted by atomic mass is 10.1. The second kappa shape index (κ2) is 6.83. The smallest absolute Gasteiger partial charge is 0.495 e. The summed E-state index contributed by atoms with van der Waals surface area (Å²) in [5.41, 5.74) is -0.116. The molecule has 0 saturated carbocycles. The van der Waals surface area contributed by atoms with E-state index in [0.717, 1.165) is 12.1 Å². The third kappa shape index (κ3) is 4.87. The molecule has 0 heterocycles. The van der Waals surface area contributed by atoms with E-state index in [-0.39, 0.29) is 23.5 Å². The highest BCUT2D eigenvalue weighted by molar-refractivity contribution is 5.74. The fraction of sp³-hybridized carbons (Fsp3) is 0.385. The van der Waals surface area contributed by atoms with Crippen molar-refractivity contribution in [2.24, 2.45) is 0 Å². The number of esters is 1. The maximum absolute atomic E-state index is 12.4. The van der Waals surface area contributed by atoms with E-state index in [2.05, 4.69) is 9.47 Å². The largest absolute Gasteiger partial charge is 0.573 e. The van der Waals surface area contributed by atoms with Crippen molar-refractivity contribution in [3.63, 3.8) is 0 Å². The fourth-order valence-electron chi connectivity index (χ4n) is 1.59. The Morgan fingerprint density at radius 3 is 2.48 bits per heavy atom. The highest BCUT2D eigenvalue weighted by atomic mass is 19.4. The second-order valence-corrected chi connectivity index (χ2v) is 3.80. The first kappa shape index (κ1) is 16.6. The molecule has 0 unspecified atom stereocenters. The number of nitriles is 1. The van der Waals surface area contributed by atoms with Gasteiger partial charge in [0.25, 0.3) is 0 Å². The van der Waals surface area contributed by atoms with Crippen molar-refractivity contribution in [1.82, 2.24) is 0 Å². The average molecular weight is 303 g/mol. The molecule has 5 nitrogen and oxygen atoms in total. The van der Waals surface area contributed by atoms with E-state index in [1.54, 1.807) is 13.0 Å². The van der Waals surface area contributed by atoms with E-state index in [9.17, 15) is 18.0 Å². The number of carbonyl (C=O) groups is 1. The second-order valence-electron chi connectivity index (χ2n) is 3.80. The van der Waals surface area contributed by atoms with Crippen LogP contribution in [0.2, 0.25) is 0 Å². The van der Waals surface area contributed by atoms with Crippen molar-refractivity contribution in [3.05, 3.63) is 23.3 Å². The third-order valence-electron chi connectivity index (χ3n) is 2.37. The Kier molecular flexibility index (Phi) is 5.41. The molecule has 0 bridgehead atoms. The number of halogens is 3. The van der Waals surface area contributed by atoms with Crippen LogP contribution in [0.15, 0.2) is 12.1 Å². The van der Waals surface area contributed by atoms with Gasteiger partial charge in [0.15, 0.2) is 0 Å². The molecule has 1 rings (SSSR count). The summed E-state index contributed by atoms with van der Waals surface area (Å²) in [6, 6.07) is 3.79. The molecule has 114 valence electrons. The van der Waals surface area contributed by atoms with Crippen molar-refractivity contribution >= 4 is 5.97 Å². The monoisotopic (exact) mass is 303 g/mol. The molecular formula is C13H12F3NO4. The Labute approximate surface area is 118 Å². The number of carbonyl (C=O) groups excluding carboxylic acids is 1. The van der Waals surface area contributed by atoms with Gasteiger partial charge in [0.2, 0.25) is 0 Å². The van der Waals surface area contributed by atoms with Crippen LogP contribution in [0, 0.1) is 11.3 Å². The Hall–Kier alpha value is -2.43. The Bertz CT molecular complexity index is 564.